The van der Waals surface area contributed by atoms with E-state index in [0.29, 0.717) is 19.3 Å². The summed E-state index contributed by atoms with van der Waals surface area (Å²) in [7, 11) is 4.49. The SMILES string of the molecule is C=C[C@@H](CCC/C=C/C(=O)OC(C/C(C)=C/C=C/CC[C@@H](OP)[C@@H](C=C)P=O)[C@H](C)/C=C(C)/C=C/CC(=O)C=C(C)C)OP. The van der Waals surface area contributed by atoms with Gasteiger partial charge in [0.05, 0.1) is 17.9 Å². The maximum atomic E-state index is 12.8. The molecule has 0 saturated heterocycles. The number of unbranched alkanes of at least 4 members (excludes halogenated alkanes) is 1. The lowest BCUT2D eigenvalue weighted by molar-refractivity contribution is -0.144. The quantitative estimate of drug-likeness (QED) is 0.0256. The first-order chi connectivity index (χ1) is 21.0. The molecule has 3 unspecified atom stereocenters. The van der Waals surface area contributed by atoms with E-state index < -0.39 is 0 Å². The van der Waals surface area contributed by atoms with E-state index in [2.05, 4.69) is 38.2 Å². The van der Waals surface area contributed by atoms with E-state index in [4.69, 9.17) is 13.8 Å². The maximum absolute atomic E-state index is 12.8. The van der Waals surface area contributed by atoms with Crippen molar-refractivity contribution in [2.24, 2.45) is 5.92 Å². The van der Waals surface area contributed by atoms with Crippen LogP contribution in [0.4, 0.5) is 0 Å². The number of rotatable bonds is 24. The Morgan fingerprint density at radius 1 is 0.909 bits per heavy atom. The second-order valence-electron chi connectivity index (χ2n) is 11.0. The average Bonchev–Trinajstić information content (AvgIpc) is 2.97. The van der Waals surface area contributed by atoms with Gasteiger partial charge in [0.25, 0.3) is 0 Å². The molecule has 6 nitrogen and oxygen atoms in total. The van der Waals surface area contributed by atoms with Crippen LogP contribution in [0.3, 0.4) is 0 Å². The van der Waals surface area contributed by atoms with Crippen molar-refractivity contribution in [1.29, 1.82) is 0 Å². The van der Waals surface area contributed by atoms with Gasteiger partial charge in [-0.15, -0.1) is 13.2 Å². The minimum atomic E-state index is -0.375. The van der Waals surface area contributed by atoms with E-state index in [1.165, 1.54) is 6.08 Å². The van der Waals surface area contributed by atoms with Crippen LogP contribution in [-0.4, -0.2) is 35.7 Å². The van der Waals surface area contributed by atoms with Gasteiger partial charge in [-0.2, -0.15) is 0 Å². The zero-order valence-corrected chi connectivity index (χ0v) is 30.4. The number of allylic oxidation sites excluding steroid dienone is 9. The maximum Gasteiger partial charge on any atom is 0.330 e. The Bertz CT molecular complexity index is 1070. The lowest BCUT2D eigenvalue weighted by Gasteiger charge is -2.22. The number of ether oxygens (including phenoxy) is 1. The first kappa shape index (κ1) is 41.9. The Morgan fingerprint density at radius 3 is 2.23 bits per heavy atom. The molecule has 0 aromatic rings. The van der Waals surface area contributed by atoms with Gasteiger partial charge in [-0.1, -0.05) is 78.3 Å². The Labute approximate surface area is 272 Å². The van der Waals surface area contributed by atoms with Crippen molar-refractivity contribution in [1.82, 2.24) is 0 Å². The third-order valence-electron chi connectivity index (χ3n) is 6.66. The zero-order valence-electron chi connectivity index (χ0n) is 27.2. The molecule has 0 fully saturated rings. The number of hydrogen-bond acceptors (Lipinski definition) is 6. The lowest BCUT2D eigenvalue weighted by atomic mass is 9.95. The van der Waals surface area contributed by atoms with Crippen LogP contribution in [-0.2, 0) is 27.9 Å². The van der Waals surface area contributed by atoms with Gasteiger partial charge in [-0.3, -0.25) is 9.36 Å². The normalized spacial score (nSPS) is 16.2. The minimum Gasteiger partial charge on any atom is -0.458 e. The van der Waals surface area contributed by atoms with Crippen LogP contribution in [0.1, 0.15) is 79.6 Å². The fourth-order valence-electron chi connectivity index (χ4n) is 4.26. The Balaban J connectivity index is 5.49. The highest BCUT2D eigenvalue weighted by atomic mass is 31.1. The molecular weight excluding hydrogens is 609 g/mol. The fourth-order valence-corrected chi connectivity index (χ4v) is 5.38. The van der Waals surface area contributed by atoms with E-state index in [-0.39, 0.29) is 50.1 Å². The fraction of sp³-hybridized carbons (Fsp3) is 0.486. The molecule has 0 rings (SSSR count). The summed E-state index contributed by atoms with van der Waals surface area (Å²) in [6.07, 6.45) is 24.5. The molecule has 0 aromatic heterocycles. The molecule has 0 N–H and O–H groups in total. The van der Waals surface area contributed by atoms with Crippen LogP contribution in [0.15, 0.2) is 96.7 Å². The van der Waals surface area contributed by atoms with E-state index in [1.807, 2.05) is 71.1 Å². The topological polar surface area (TPSA) is 78.9 Å². The summed E-state index contributed by atoms with van der Waals surface area (Å²) in [6, 6.07) is 0. The smallest absolute Gasteiger partial charge is 0.330 e. The summed E-state index contributed by atoms with van der Waals surface area (Å²) in [6.45, 7) is 17.3. The second-order valence-corrected chi connectivity index (χ2v) is 12.4. The van der Waals surface area contributed by atoms with Gasteiger partial charge in [-0.05, 0) is 65.9 Å². The molecule has 0 amide bonds. The van der Waals surface area contributed by atoms with Gasteiger partial charge in [0.2, 0.25) is 0 Å². The van der Waals surface area contributed by atoms with Gasteiger partial charge >= 0.3 is 5.97 Å². The molecule has 0 saturated carbocycles. The van der Waals surface area contributed by atoms with Crippen LogP contribution in [0, 0.1) is 5.92 Å². The molecule has 0 radical (unpaired) electrons. The predicted molar refractivity (Wildman–Crippen MR) is 192 cm³/mol. The molecule has 244 valence electrons. The molecule has 0 aliphatic rings. The molecule has 7 atom stereocenters. The molecule has 0 aliphatic carbocycles. The molecular formula is C35H53O6P3. The minimum absolute atomic E-state index is 0.00619. The summed E-state index contributed by atoms with van der Waals surface area (Å²) >= 11 is 0. The summed E-state index contributed by atoms with van der Waals surface area (Å²) in [5.41, 5.74) is 2.80. The predicted octanol–water partition coefficient (Wildman–Crippen LogP) is 9.74. The second kappa shape index (κ2) is 26.2. The number of carbonyl (C=O) groups excluding carboxylic acids is 2. The molecule has 0 spiro atoms. The Hall–Kier alpha value is -2.06. The van der Waals surface area contributed by atoms with E-state index in [9.17, 15) is 14.2 Å². The zero-order chi connectivity index (χ0) is 33.3. The number of ketones is 1. The highest BCUT2D eigenvalue weighted by Crippen LogP contribution is 2.23. The molecule has 44 heavy (non-hydrogen) atoms. The van der Waals surface area contributed by atoms with Crippen LogP contribution >= 0.6 is 27.4 Å². The summed E-state index contributed by atoms with van der Waals surface area (Å²) in [4.78, 5) is 24.7. The monoisotopic (exact) mass is 662 g/mol. The first-order valence-corrected chi connectivity index (χ1v) is 16.8. The highest BCUT2D eigenvalue weighted by molar-refractivity contribution is 7.25. The third kappa shape index (κ3) is 20.8. The average molecular weight is 663 g/mol. The molecule has 9 heteroatoms. The highest BCUT2D eigenvalue weighted by Gasteiger charge is 2.20. The standard InChI is InChI=1S/C35H53O6P3/c1-8-31(40-42)20-13-11-15-22-35(37)39-33(29(7)24-27(5)18-16-19-30(36)23-26(3)4)25-28(6)17-12-10-14-21-32(41-43)34(9-2)44-38/h8-10,12,15-18,22-24,29,31-34H,1-2,11,13-14,19-21,25,42-43H2,3-7H3/b12-10+,18-16+,22-15+,27-24+,28-17+/t29-,31+,32-,33?,34-/m1/s1. The van der Waals surface area contributed by atoms with Crippen molar-refractivity contribution in [2.75, 3.05) is 0 Å². The Kier molecular flexibility index (Phi) is 25.0. The van der Waals surface area contributed by atoms with Crippen molar-refractivity contribution < 1.29 is 27.9 Å². The largest absolute Gasteiger partial charge is 0.458 e. The van der Waals surface area contributed by atoms with Crippen molar-refractivity contribution in [2.45, 2.75) is 104 Å². The number of carbonyl (C=O) groups is 2. The summed E-state index contributed by atoms with van der Waals surface area (Å²) < 4.78 is 27.8. The van der Waals surface area contributed by atoms with Gasteiger partial charge in [0, 0.05) is 43.8 Å². The van der Waals surface area contributed by atoms with Crippen LogP contribution in [0.5, 0.6) is 0 Å². The van der Waals surface area contributed by atoms with Crippen molar-refractivity contribution in [3.63, 3.8) is 0 Å². The Morgan fingerprint density at radius 2 is 1.64 bits per heavy atom. The van der Waals surface area contributed by atoms with E-state index in [1.54, 1.807) is 18.2 Å². The summed E-state index contributed by atoms with van der Waals surface area (Å²) in [5.74, 6) is -0.371. The van der Waals surface area contributed by atoms with Crippen LogP contribution in [0.2, 0.25) is 0 Å². The number of esters is 1. The third-order valence-corrected chi connectivity index (χ3v) is 8.14. The van der Waals surface area contributed by atoms with Gasteiger partial charge in [0.15, 0.2) is 14.2 Å². The van der Waals surface area contributed by atoms with Gasteiger partial charge < -0.3 is 13.8 Å². The molecule has 0 aromatic carbocycles. The van der Waals surface area contributed by atoms with Crippen molar-refractivity contribution in [3.8, 4) is 0 Å². The van der Waals surface area contributed by atoms with Gasteiger partial charge in [0.1, 0.15) is 6.10 Å². The van der Waals surface area contributed by atoms with Crippen LogP contribution < -0.4 is 0 Å². The molecule has 0 aliphatic heterocycles. The van der Waals surface area contributed by atoms with E-state index in [0.717, 1.165) is 42.4 Å². The molecule has 0 bridgehead atoms. The van der Waals surface area contributed by atoms with Crippen LogP contribution in [0.25, 0.3) is 0 Å². The van der Waals surface area contributed by atoms with Gasteiger partial charge in [-0.25, -0.2) is 4.79 Å². The summed E-state index contributed by atoms with van der Waals surface area (Å²) in [5, 5.41) is 0. The number of hydrogen-bond donors (Lipinski definition) is 0. The first-order valence-electron chi connectivity index (χ1n) is 15.0. The molecule has 0 heterocycles. The van der Waals surface area contributed by atoms with Crippen molar-refractivity contribution in [3.05, 3.63) is 96.7 Å². The van der Waals surface area contributed by atoms with E-state index >= 15 is 0 Å². The van der Waals surface area contributed by atoms with Crippen molar-refractivity contribution >= 4 is 39.1 Å². The lowest BCUT2D eigenvalue weighted by Crippen LogP contribution is -2.24.